The van der Waals surface area contributed by atoms with Crippen molar-refractivity contribution in [1.29, 1.82) is 0 Å². The number of aromatic nitrogens is 2. The number of primary sulfonamides is 1. The molecule has 1 aromatic rings. The van der Waals surface area contributed by atoms with E-state index in [0.29, 0.717) is 18.9 Å². The number of sulfonamides is 1. The molecule has 96 valence electrons. The molecule has 1 rings (SSSR count). The van der Waals surface area contributed by atoms with E-state index in [-0.39, 0.29) is 6.42 Å². The lowest BCUT2D eigenvalue weighted by Gasteiger charge is -2.13. The summed E-state index contributed by atoms with van der Waals surface area (Å²) in [5.41, 5.74) is 0.929. The first kappa shape index (κ1) is 14.0. The largest absolute Gasteiger partial charge is 0.385 e. The van der Waals surface area contributed by atoms with Crippen molar-refractivity contribution in [3.63, 3.8) is 0 Å². The van der Waals surface area contributed by atoms with Crippen molar-refractivity contribution in [3.05, 3.63) is 23.8 Å². The van der Waals surface area contributed by atoms with Crippen LogP contribution in [-0.4, -0.2) is 37.4 Å². The molecule has 0 bridgehead atoms. The van der Waals surface area contributed by atoms with Crippen molar-refractivity contribution >= 4 is 10.0 Å². The summed E-state index contributed by atoms with van der Waals surface area (Å²) in [4.78, 5) is 8.14. The number of hydrogen-bond acceptors (Lipinski definition) is 5. The van der Waals surface area contributed by atoms with Gasteiger partial charge in [-0.05, 0) is 18.9 Å². The van der Waals surface area contributed by atoms with Gasteiger partial charge in [-0.25, -0.2) is 23.5 Å². The van der Waals surface area contributed by atoms with Gasteiger partial charge < -0.3 is 4.74 Å². The maximum Gasteiger partial charge on any atom is 0.212 e. The third-order valence-corrected chi connectivity index (χ3v) is 3.68. The fourth-order valence-electron chi connectivity index (χ4n) is 1.36. The standard InChI is InChI=1S/C10H17N3O3S/c1-8-6-12-10(13-7-8)5-9(3-4-16-2)17(11,14)15/h6-7,9H,3-5H2,1-2H3,(H2,11,14,15). The molecule has 0 aliphatic heterocycles. The smallest absolute Gasteiger partial charge is 0.212 e. The molecule has 1 aromatic heterocycles. The van der Waals surface area contributed by atoms with E-state index in [2.05, 4.69) is 9.97 Å². The Kier molecular flexibility index (Phi) is 4.98. The quantitative estimate of drug-likeness (QED) is 0.777. The van der Waals surface area contributed by atoms with Crippen LogP contribution in [0.1, 0.15) is 17.8 Å². The van der Waals surface area contributed by atoms with E-state index in [1.54, 1.807) is 12.4 Å². The van der Waals surface area contributed by atoms with Crippen molar-refractivity contribution < 1.29 is 13.2 Å². The Balaban J connectivity index is 2.76. The average molecular weight is 259 g/mol. The molecule has 1 unspecified atom stereocenters. The molecule has 0 aliphatic rings. The summed E-state index contributed by atoms with van der Waals surface area (Å²) >= 11 is 0. The Morgan fingerprint density at radius 2 is 2.00 bits per heavy atom. The summed E-state index contributed by atoms with van der Waals surface area (Å²) in [5, 5.41) is 4.46. The zero-order valence-electron chi connectivity index (χ0n) is 9.96. The highest BCUT2D eigenvalue weighted by atomic mass is 32.2. The average Bonchev–Trinajstić information content (AvgIpc) is 2.25. The minimum absolute atomic E-state index is 0.211. The number of hydrogen-bond donors (Lipinski definition) is 1. The second kappa shape index (κ2) is 6.04. The summed E-state index contributed by atoms with van der Waals surface area (Å²) in [6, 6.07) is 0. The van der Waals surface area contributed by atoms with Crippen molar-refractivity contribution in [2.24, 2.45) is 5.14 Å². The van der Waals surface area contributed by atoms with Crippen LogP contribution in [0.3, 0.4) is 0 Å². The number of methoxy groups -OCH3 is 1. The predicted molar refractivity (Wildman–Crippen MR) is 63.9 cm³/mol. The lowest BCUT2D eigenvalue weighted by molar-refractivity contribution is 0.193. The fraction of sp³-hybridized carbons (Fsp3) is 0.600. The number of nitrogens with zero attached hydrogens (tertiary/aromatic N) is 2. The van der Waals surface area contributed by atoms with E-state index in [1.165, 1.54) is 7.11 Å². The highest BCUT2D eigenvalue weighted by molar-refractivity contribution is 7.89. The molecule has 6 nitrogen and oxygen atoms in total. The van der Waals surface area contributed by atoms with Crippen LogP contribution in [0.5, 0.6) is 0 Å². The topological polar surface area (TPSA) is 95.2 Å². The summed E-state index contributed by atoms with van der Waals surface area (Å²) in [5.74, 6) is 0.478. The third-order valence-electron chi connectivity index (χ3n) is 2.35. The van der Waals surface area contributed by atoms with Gasteiger partial charge in [0, 0.05) is 32.5 Å². The minimum atomic E-state index is -3.61. The van der Waals surface area contributed by atoms with Gasteiger partial charge in [0.1, 0.15) is 5.82 Å². The first-order valence-corrected chi connectivity index (χ1v) is 6.82. The Morgan fingerprint density at radius 3 is 2.47 bits per heavy atom. The van der Waals surface area contributed by atoms with Crippen LogP contribution >= 0.6 is 0 Å². The lowest BCUT2D eigenvalue weighted by atomic mass is 10.2. The van der Waals surface area contributed by atoms with Crippen molar-refractivity contribution in [2.75, 3.05) is 13.7 Å². The molecule has 0 fully saturated rings. The van der Waals surface area contributed by atoms with E-state index >= 15 is 0 Å². The Morgan fingerprint density at radius 1 is 1.41 bits per heavy atom. The molecule has 17 heavy (non-hydrogen) atoms. The van der Waals surface area contributed by atoms with E-state index in [9.17, 15) is 8.42 Å². The Bertz CT molecular complexity index is 444. The number of aryl methyl sites for hydroxylation is 1. The summed E-state index contributed by atoms with van der Waals surface area (Å²) in [6.45, 7) is 2.21. The predicted octanol–water partition coefficient (Wildman–Crippen LogP) is 0.0211. The van der Waals surface area contributed by atoms with Gasteiger partial charge in [-0.15, -0.1) is 0 Å². The van der Waals surface area contributed by atoms with Gasteiger partial charge in [0.25, 0.3) is 0 Å². The lowest BCUT2D eigenvalue weighted by Crippen LogP contribution is -2.32. The van der Waals surface area contributed by atoms with E-state index in [1.807, 2.05) is 6.92 Å². The van der Waals surface area contributed by atoms with Gasteiger partial charge >= 0.3 is 0 Å². The molecule has 2 N–H and O–H groups in total. The molecule has 0 spiro atoms. The molecule has 0 aliphatic carbocycles. The maximum absolute atomic E-state index is 11.4. The molecule has 1 heterocycles. The third kappa shape index (κ3) is 4.76. The molecule has 0 radical (unpaired) electrons. The van der Waals surface area contributed by atoms with E-state index < -0.39 is 15.3 Å². The van der Waals surface area contributed by atoms with Gasteiger partial charge in [0.15, 0.2) is 0 Å². The summed E-state index contributed by atoms with van der Waals surface area (Å²) in [7, 11) is -2.09. The van der Waals surface area contributed by atoms with Crippen LogP contribution in [0.15, 0.2) is 12.4 Å². The van der Waals surface area contributed by atoms with E-state index in [0.717, 1.165) is 5.56 Å². The van der Waals surface area contributed by atoms with Gasteiger partial charge in [-0.1, -0.05) is 0 Å². The molecule has 0 saturated heterocycles. The fourth-order valence-corrected chi connectivity index (χ4v) is 2.17. The van der Waals surface area contributed by atoms with Crippen LogP contribution in [-0.2, 0) is 21.2 Å². The minimum Gasteiger partial charge on any atom is -0.385 e. The number of rotatable bonds is 6. The van der Waals surface area contributed by atoms with Crippen molar-refractivity contribution in [3.8, 4) is 0 Å². The van der Waals surface area contributed by atoms with Gasteiger partial charge in [0.05, 0.1) is 5.25 Å². The van der Waals surface area contributed by atoms with Crippen LogP contribution in [0.4, 0.5) is 0 Å². The van der Waals surface area contributed by atoms with E-state index in [4.69, 9.17) is 9.88 Å². The monoisotopic (exact) mass is 259 g/mol. The Labute approximate surface area is 101 Å². The second-order valence-electron chi connectivity index (χ2n) is 3.87. The molecule has 0 aromatic carbocycles. The summed E-state index contributed by atoms with van der Waals surface area (Å²) < 4.78 is 27.6. The first-order valence-electron chi connectivity index (χ1n) is 5.21. The van der Waals surface area contributed by atoms with Crippen LogP contribution in [0, 0.1) is 6.92 Å². The van der Waals surface area contributed by atoms with Gasteiger partial charge in [-0.2, -0.15) is 0 Å². The molecular formula is C10H17N3O3S. The highest BCUT2D eigenvalue weighted by Crippen LogP contribution is 2.08. The summed E-state index contributed by atoms with van der Waals surface area (Å²) in [6.07, 6.45) is 3.85. The molecule has 0 amide bonds. The molecule has 1 atom stereocenters. The highest BCUT2D eigenvalue weighted by Gasteiger charge is 2.22. The van der Waals surface area contributed by atoms with Crippen molar-refractivity contribution in [2.45, 2.75) is 25.0 Å². The number of ether oxygens (including phenoxy) is 1. The van der Waals surface area contributed by atoms with Gasteiger partial charge in [0.2, 0.25) is 10.0 Å². The van der Waals surface area contributed by atoms with Crippen LogP contribution in [0.25, 0.3) is 0 Å². The first-order chi connectivity index (χ1) is 7.93. The molecule has 7 heteroatoms. The molecular weight excluding hydrogens is 242 g/mol. The zero-order valence-corrected chi connectivity index (χ0v) is 10.8. The zero-order chi connectivity index (χ0) is 12.9. The maximum atomic E-state index is 11.4. The van der Waals surface area contributed by atoms with Gasteiger partial charge in [-0.3, -0.25) is 0 Å². The SMILES string of the molecule is COCCC(Cc1ncc(C)cn1)S(N)(=O)=O. The van der Waals surface area contributed by atoms with Crippen LogP contribution < -0.4 is 5.14 Å². The normalized spacial score (nSPS) is 13.6. The second-order valence-corrected chi connectivity index (χ2v) is 5.72. The Hall–Kier alpha value is -1.05. The van der Waals surface area contributed by atoms with Crippen molar-refractivity contribution in [1.82, 2.24) is 9.97 Å². The van der Waals surface area contributed by atoms with Crippen LogP contribution in [0.2, 0.25) is 0 Å². The molecule has 0 saturated carbocycles. The number of nitrogens with two attached hydrogens (primary N) is 1.